The molecule has 6 aliphatic rings. The van der Waals surface area contributed by atoms with E-state index in [1.807, 2.05) is 58.3 Å². The SMILES string of the molecule is CCC1CCC(c2nc(-c3ccc(-c4ccc(C5=C(Cl)[N+](CC6CC7C#CC7N6C(=O)C(NC(=O)OC)C6CCCOC6)=N5)cc4)cc3)c(Cl)[nH]2)N1C(=O)C(NC(=O)OC)C1CCCOC1. The number of carbonyl (C=O) groups excluding carboxylic acids is 4. The molecule has 16 nitrogen and oxygen atoms in total. The molecule has 0 saturated carbocycles. The molecule has 348 valence electrons. The molecule has 66 heavy (non-hydrogen) atoms. The lowest BCUT2D eigenvalue weighted by molar-refractivity contribution is -0.551. The second-order valence-corrected chi connectivity index (χ2v) is 18.6. The smallest absolute Gasteiger partial charge is 0.407 e. The van der Waals surface area contributed by atoms with E-state index in [4.69, 9.17) is 52.2 Å². The van der Waals surface area contributed by atoms with Gasteiger partial charge in [-0.2, -0.15) is 0 Å². The van der Waals surface area contributed by atoms with E-state index >= 15 is 0 Å². The first kappa shape index (κ1) is 45.7. The van der Waals surface area contributed by atoms with Gasteiger partial charge in [0.15, 0.2) is 6.54 Å². The lowest BCUT2D eigenvalue weighted by Gasteiger charge is -2.36. The summed E-state index contributed by atoms with van der Waals surface area (Å²) >= 11 is 13.7. The maximum absolute atomic E-state index is 14.4. The van der Waals surface area contributed by atoms with Crippen molar-refractivity contribution in [3.63, 3.8) is 0 Å². The molecule has 5 aliphatic heterocycles. The van der Waals surface area contributed by atoms with Crippen molar-refractivity contribution in [3.8, 4) is 34.2 Å². The number of halogens is 2. The number of nitrogens with one attached hydrogen (secondary N) is 3. The van der Waals surface area contributed by atoms with E-state index in [0.29, 0.717) is 73.3 Å². The van der Waals surface area contributed by atoms with Crippen LogP contribution in [0, 0.1) is 29.6 Å². The molecule has 9 atom stereocenters. The number of likely N-dealkylation sites (tertiary alicyclic amines) is 2. The van der Waals surface area contributed by atoms with Gasteiger partial charge in [-0.1, -0.05) is 83.6 Å². The standard InChI is InChI=1S/C48H54Cl2N8O8/c1-4-34-18-20-37(57(34)45(59)40(52-47(61)63-2)32-7-5-21-65-25-32)44-51-38(42(49)54-44)29-13-9-27(10-14-29)28-11-15-30(16-12-28)39-43(50)56(55-39)24-35-23-31-17-19-36(31)58(35)46(60)41(53-48(62)64-3)33-8-6-22-66-26-33/h9-16,31-37,40-41H,4-8,18,20-26H2,1-3H3,(H2-,51,52,53,54,55,61,62)/p+1. The lowest BCUT2D eigenvalue weighted by atomic mass is 9.90. The zero-order valence-corrected chi connectivity index (χ0v) is 38.8. The molecule has 9 unspecified atom stereocenters. The van der Waals surface area contributed by atoms with Crippen LogP contribution in [0.15, 0.2) is 58.8 Å². The summed E-state index contributed by atoms with van der Waals surface area (Å²) in [5.74, 6) is 6.33. The molecule has 0 spiro atoms. The van der Waals surface area contributed by atoms with Crippen molar-refractivity contribution in [3.05, 3.63) is 70.2 Å². The van der Waals surface area contributed by atoms with Crippen LogP contribution in [0.3, 0.4) is 0 Å². The number of aromatic nitrogens is 2. The van der Waals surface area contributed by atoms with Crippen LogP contribution in [0.1, 0.15) is 75.7 Å². The van der Waals surface area contributed by atoms with Gasteiger partial charge in [0, 0.05) is 47.3 Å². The highest BCUT2D eigenvalue weighted by molar-refractivity contribution is 6.32. The number of ether oxygens (including phenoxy) is 4. The van der Waals surface area contributed by atoms with E-state index < -0.39 is 24.3 Å². The molecule has 4 amide bonds. The average molecular weight is 943 g/mol. The highest BCUT2D eigenvalue weighted by Crippen LogP contribution is 2.42. The number of azo groups is 2. The summed E-state index contributed by atoms with van der Waals surface area (Å²) < 4.78 is 22.9. The second-order valence-electron chi connectivity index (χ2n) is 17.8. The van der Waals surface area contributed by atoms with Crippen molar-refractivity contribution in [2.24, 2.45) is 22.9 Å². The van der Waals surface area contributed by atoms with Gasteiger partial charge in [-0.25, -0.2) is 14.6 Å². The molecule has 1 aliphatic carbocycles. The summed E-state index contributed by atoms with van der Waals surface area (Å²) in [4.78, 5) is 65.3. The number of benzene rings is 2. The molecule has 6 heterocycles. The maximum Gasteiger partial charge on any atom is 0.407 e. The van der Waals surface area contributed by atoms with Crippen LogP contribution in [0.2, 0.25) is 5.15 Å². The van der Waals surface area contributed by atoms with Gasteiger partial charge in [-0.3, -0.25) is 9.59 Å². The fraction of sp³-hybridized carbons (Fsp3) is 0.521. The van der Waals surface area contributed by atoms with Crippen LogP contribution >= 0.6 is 23.2 Å². The summed E-state index contributed by atoms with van der Waals surface area (Å²) in [6, 6.07) is 13.6. The van der Waals surface area contributed by atoms with Gasteiger partial charge in [0.05, 0.1) is 45.4 Å². The summed E-state index contributed by atoms with van der Waals surface area (Å²) in [6.45, 7) is 4.49. The predicted octanol–water partition coefficient (Wildman–Crippen LogP) is 7.09. The number of amides is 4. The van der Waals surface area contributed by atoms with Crippen LogP contribution in [-0.2, 0) is 28.5 Å². The number of nitrogens with zero attached hydrogens (tertiary/aromatic N) is 5. The van der Waals surface area contributed by atoms with Crippen molar-refractivity contribution in [2.75, 3.05) is 47.2 Å². The topological polar surface area (TPSA) is 180 Å². The average Bonchev–Trinajstić information content (AvgIpc) is 4.03. The highest BCUT2D eigenvalue weighted by Gasteiger charge is 2.52. The third kappa shape index (κ3) is 9.02. The predicted molar refractivity (Wildman–Crippen MR) is 244 cm³/mol. The van der Waals surface area contributed by atoms with E-state index in [1.54, 1.807) is 4.70 Å². The molecule has 3 N–H and O–H groups in total. The summed E-state index contributed by atoms with van der Waals surface area (Å²) in [5.41, 5.74) is 4.91. The van der Waals surface area contributed by atoms with E-state index in [9.17, 15) is 19.2 Å². The van der Waals surface area contributed by atoms with Crippen molar-refractivity contribution >= 4 is 52.9 Å². The number of aromatic amines is 1. The molecule has 2 aromatic carbocycles. The first-order valence-electron chi connectivity index (χ1n) is 22.9. The molecule has 0 radical (unpaired) electrons. The van der Waals surface area contributed by atoms with Crippen LogP contribution in [0.4, 0.5) is 9.59 Å². The number of rotatable bonds is 13. The number of hydrogen-bond donors (Lipinski definition) is 3. The molecule has 1 aromatic heterocycles. The van der Waals surface area contributed by atoms with Gasteiger partial charge < -0.3 is 44.4 Å². The summed E-state index contributed by atoms with van der Waals surface area (Å²) in [5, 5.41) is 11.2. The molecule has 4 fully saturated rings. The van der Waals surface area contributed by atoms with E-state index in [1.165, 1.54) is 14.2 Å². The van der Waals surface area contributed by atoms with E-state index in [-0.39, 0.29) is 53.7 Å². The van der Waals surface area contributed by atoms with Crippen molar-refractivity contribution < 1.29 is 42.8 Å². The lowest BCUT2D eigenvalue weighted by Crippen LogP contribution is -2.58. The Balaban J connectivity index is 0.856. The van der Waals surface area contributed by atoms with Gasteiger partial charge in [0.1, 0.15) is 34.8 Å². The molecule has 18 heteroatoms. The number of H-pyrrole nitrogens is 1. The van der Waals surface area contributed by atoms with Gasteiger partial charge in [0.25, 0.3) is 0 Å². The van der Waals surface area contributed by atoms with Crippen molar-refractivity contribution in [1.29, 1.82) is 0 Å². The fourth-order valence-electron chi connectivity index (χ4n) is 10.4. The van der Waals surface area contributed by atoms with Gasteiger partial charge in [-0.05, 0) is 74.1 Å². The molecule has 3 aromatic rings. The number of methoxy groups -OCH3 is 2. The van der Waals surface area contributed by atoms with Gasteiger partial charge >= 0.3 is 17.3 Å². The monoisotopic (exact) mass is 941 g/mol. The van der Waals surface area contributed by atoms with Crippen LogP contribution in [0.25, 0.3) is 28.1 Å². The summed E-state index contributed by atoms with van der Waals surface area (Å²) in [6.07, 6.45) is 4.77. The molecule has 4 saturated heterocycles. The normalized spacial score (nSPS) is 26.4. The van der Waals surface area contributed by atoms with Crippen LogP contribution in [0.5, 0.6) is 0 Å². The Morgan fingerprint density at radius 3 is 1.89 bits per heavy atom. The van der Waals surface area contributed by atoms with Crippen molar-refractivity contribution in [1.82, 2.24) is 30.4 Å². The largest absolute Gasteiger partial charge is 0.453 e. The first-order chi connectivity index (χ1) is 32.1. The minimum Gasteiger partial charge on any atom is -0.453 e. The fourth-order valence-corrected chi connectivity index (χ4v) is 10.9. The van der Waals surface area contributed by atoms with Gasteiger partial charge in [-0.15, -0.1) is 0 Å². The molecule has 0 bridgehead atoms. The Labute approximate surface area is 393 Å². The minimum atomic E-state index is -0.789. The van der Waals surface area contributed by atoms with Gasteiger partial charge in [0.2, 0.25) is 17.5 Å². The van der Waals surface area contributed by atoms with Crippen molar-refractivity contribution in [2.45, 2.75) is 94.5 Å². The maximum atomic E-state index is 14.4. The molecular weight excluding hydrogens is 887 g/mol. The van der Waals surface area contributed by atoms with E-state index in [0.717, 1.165) is 60.8 Å². The third-order valence-electron chi connectivity index (χ3n) is 14.0. The third-order valence-corrected chi connectivity index (χ3v) is 14.6. The Morgan fingerprint density at radius 2 is 1.38 bits per heavy atom. The van der Waals surface area contributed by atoms with Crippen LogP contribution < -0.4 is 10.6 Å². The Kier molecular flexibility index (Phi) is 13.7. The van der Waals surface area contributed by atoms with E-state index in [2.05, 4.69) is 34.4 Å². The first-order valence-corrected chi connectivity index (χ1v) is 23.7. The number of fused-ring (bicyclic) bond motifs is 1. The zero-order chi connectivity index (χ0) is 46.1. The van der Waals surface area contributed by atoms with Crippen LogP contribution in [-0.4, -0.2) is 126 Å². The zero-order valence-electron chi connectivity index (χ0n) is 37.3. The minimum absolute atomic E-state index is 0.0265. The highest BCUT2D eigenvalue weighted by atomic mass is 35.5. The second kappa shape index (κ2) is 19.8. The number of carbonyl (C=O) groups is 4. The number of alkyl carbamates (subject to hydrolysis) is 2. The Hall–Kier alpha value is -5.47. The quantitative estimate of drug-likeness (QED) is 0.0917. The molecular formula is C48H55Cl2N8O8+. The Bertz CT molecular complexity index is 2450. The number of hydrogen-bond acceptors (Lipinski definition) is 10. The molecule has 9 rings (SSSR count). The summed E-state index contributed by atoms with van der Waals surface area (Å²) in [7, 11) is 2.58. The Morgan fingerprint density at radius 1 is 0.803 bits per heavy atom. The number of imidazole rings is 1.